The Morgan fingerprint density at radius 3 is 2.36 bits per heavy atom. The SMILES string of the molecule is O=C(O)C1C=NCC1C(=O)O. The normalized spacial score (nSPS) is 28.7. The summed E-state index contributed by atoms with van der Waals surface area (Å²) in [5.41, 5.74) is 0. The Labute approximate surface area is 62.4 Å². The quantitative estimate of drug-likeness (QED) is 0.564. The second kappa shape index (κ2) is 2.69. The fourth-order valence-corrected chi connectivity index (χ4v) is 0.973. The molecule has 1 aliphatic heterocycles. The summed E-state index contributed by atoms with van der Waals surface area (Å²) in [7, 11) is 0. The predicted molar refractivity (Wildman–Crippen MR) is 35.6 cm³/mol. The first-order valence-electron chi connectivity index (χ1n) is 3.08. The molecular formula is C6H7NO4. The number of hydrogen-bond donors (Lipinski definition) is 2. The zero-order chi connectivity index (χ0) is 8.43. The van der Waals surface area contributed by atoms with E-state index in [-0.39, 0.29) is 6.54 Å². The Kier molecular flexibility index (Phi) is 1.89. The Morgan fingerprint density at radius 2 is 2.00 bits per heavy atom. The van der Waals surface area contributed by atoms with Crippen LogP contribution in [0.4, 0.5) is 0 Å². The first-order valence-corrected chi connectivity index (χ1v) is 3.08. The van der Waals surface area contributed by atoms with Crippen molar-refractivity contribution < 1.29 is 19.8 Å². The van der Waals surface area contributed by atoms with Gasteiger partial charge in [-0.3, -0.25) is 14.6 Å². The van der Waals surface area contributed by atoms with Crippen molar-refractivity contribution in [2.45, 2.75) is 0 Å². The summed E-state index contributed by atoms with van der Waals surface area (Å²) in [6.45, 7) is 0.0757. The molecule has 2 unspecified atom stereocenters. The monoisotopic (exact) mass is 157 g/mol. The second-order valence-corrected chi connectivity index (χ2v) is 2.32. The van der Waals surface area contributed by atoms with Gasteiger partial charge >= 0.3 is 11.9 Å². The molecule has 0 radical (unpaired) electrons. The van der Waals surface area contributed by atoms with Crippen molar-refractivity contribution in [3.05, 3.63) is 0 Å². The van der Waals surface area contributed by atoms with E-state index >= 15 is 0 Å². The molecule has 0 aromatic heterocycles. The van der Waals surface area contributed by atoms with Crippen molar-refractivity contribution >= 4 is 18.2 Å². The third kappa shape index (κ3) is 1.36. The summed E-state index contributed by atoms with van der Waals surface area (Å²) >= 11 is 0. The molecule has 0 aromatic carbocycles. The highest BCUT2D eigenvalue weighted by Crippen LogP contribution is 2.16. The smallest absolute Gasteiger partial charge is 0.312 e. The van der Waals surface area contributed by atoms with Crippen LogP contribution in [0.25, 0.3) is 0 Å². The fraction of sp³-hybridized carbons (Fsp3) is 0.500. The molecule has 0 saturated heterocycles. The highest BCUT2D eigenvalue weighted by atomic mass is 16.4. The molecule has 0 bridgehead atoms. The topological polar surface area (TPSA) is 87.0 Å². The van der Waals surface area contributed by atoms with Crippen molar-refractivity contribution in [3.8, 4) is 0 Å². The van der Waals surface area contributed by atoms with Gasteiger partial charge in [0.25, 0.3) is 0 Å². The minimum Gasteiger partial charge on any atom is -0.481 e. The molecule has 0 spiro atoms. The van der Waals surface area contributed by atoms with Crippen LogP contribution >= 0.6 is 0 Å². The number of carboxylic acids is 2. The molecule has 1 rings (SSSR count). The van der Waals surface area contributed by atoms with E-state index in [0.29, 0.717) is 0 Å². The zero-order valence-corrected chi connectivity index (χ0v) is 5.60. The molecule has 2 atom stereocenters. The Bertz CT molecular complexity index is 223. The molecule has 0 saturated carbocycles. The molecule has 1 heterocycles. The van der Waals surface area contributed by atoms with E-state index in [1.807, 2.05) is 0 Å². The number of rotatable bonds is 2. The van der Waals surface area contributed by atoms with Crippen LogP contribution in [-0.4, -0.2) is 34.9 Å². The van der Waals surface area contributed by atoms with Gasteiger partial charge in [0.15, 0.2) is 0 Å². The van der Waals surface area contributed by atoms with Crippen LogP contribution in [-0.2, 0) is 9.59 Å². The van der Waals surface area contributed by atoms with Crippen LogP contribution in [0.3, 0.4) is 0 Å². The van der Waals surface area contributed by atoms with Crippen LogP contribution in [0.15, 0.2) is 4.99 Å². The second-order valence-electron chi connectivity index (χ2n) is 2.32. The van der Waals surface area contributed by atoms with Crippen LogP contribution < -0.4 is 0 Å². The number of hydrogen-bond acceptors (Lipinski definition) is 3. The third-order valence-electron chi connectivity index (χ3n) is 1.60. The van der Waals surface area contributed by atoms with Crippen molar-refractivity contribution in [2.75, 3.05) is 6.54 Å². The summed E-state index contributed by atoms with van der Waals surface area (Å²) < 4.78 is 0. The van der Waals surface area contributed by atoms with E-state index < -0.39 is 23.8 Å². The Balaban J connectivity index is 2.71. The number of carboxylic acid groups (broad SMARTS) is 2. The first kappa shape index (κ1) is 7.71. The lowest BCUT2D eigenvalue weighted by Gasteiger charge is -2.06. The van der Waals surface area contributed by atoms with Gasteiger partial charge in [-0.2, -0.15) is 0 Å². The fourth-order valence-electron chi connectivity index (χ4n) is 0.973. The molecular weight excluding hydrogens is 150 g/mol. The average molecular weight is 157 g/mol. The third-order valence-corrected chi connectivity index (χ3v) is 1.60. The van der Waals surface area contributed by atoms with Crippen LogP contribution in [0.2, 0.25) is 0 Å². The Morgan fingerprint density at radius 1 is 1.36 bits per heavy atom. The highest BCUT2D eigenvalue weighted by Gasteiger charge is 2.35. The van der Waals surface area contributed by atoms with E-state index in [4.69, 9.17) is 10.2 Å². The number of aliphatic imine (C=N–C) groups is 1. The maximum absolute atomic E-state index is 10.4. The highest BCUT2D eigenvalue weighted by molar-refractivity contribution is 5.95. The standard InChI is InChI=1S/C6H7NO4/c8-5(9)3-1-7-2-4(3)6(10)11/h1,3-4H,2H2,(H,8,9)(H,10,11). The number of nitrogens with zero attached hydrogens (tertiary/aromatic N) is 1. The lowest BCUT2D eigenvalue weighted by molar-refractivity contribution is -0.149. The van der Waals surface area contributed by atoms with Gasteiger partial charge < -0.3 is 10.2 Å². The molecule has 60 valence electrons. The van der Waals surface area contributed by atoms with Crippen molar-refractivity contribution in [1.82, 2.24) is 0 Å². The minimum absolute atomic E-state index is 0.0757. The molecule has 0 aliphatic carbocycles. The summed E-state index contributed by atoms with van der Waals surface area (Å²) in [6, 6.07) is 0. The van der Waals surface area contributed by atoms with Crippen LogP contribution in [0, 0.1) is 11.8 Å². The maximum atomic E-state index is 10.4. The van der Waals surface area contributed by atoms with Crippen molar-refractivity contribution in [2.24, 2.45) is 16.8 Å². The van der Waals surface area contributed by atoms with Gasteiger partial charge in [0, 0.05) is 6.21 Å². The molecule has 2 N–H and O–H groups in total. The van der Waals surface area contributed by atoms with Gasteiger partial charge in [0.2, 0.25) is 0 Å². The largest absolute Gasteiger partial charge is 0.481 e. The molecule has 0 fully saturated rings. The number of carbonyl (C=O) groups is 2. The van der Waals surface area contributed by atoms with E-state index in [1.54, 1.807) is 0 Å². The number of aliphatic carboxylic acids is 2. The van der Waals surface area contributed by atoms with Gasteiger partial charge in [0.05, 0.1) is 12.5 Å². The van der Waals surface area contributed by atoms with Crippen molar-refractivity contribution in [1.29, 1.82) is 0 Å². The van der Waals surface area contributed by atoms with Crippen LogP contribution in [0.1, 0.15) is 0 Å². The lowest BCUT2D eigenvalue weighted by atomic mass is 9.96. The summed E-state index contributed by atoms with van der Waals surface area (Å²) in [4.78, 5) is 24.3. The van der Waals surface area contributed by atoms with Gasteiger partial charge in [0.1, 0.15) is 5.92 Å². The van der Waals surface area contributed by atoms with E-state index in [0.717, 1.165) is 0 Å². The average Bonchev–Trinajstić information content (AvgIpc) is 2.32. The minimum atomic E-state index is -1.13. The molecule has 0 amide bonds. The van der Waals surface area contributed by atoms with Crippen LogP contribution in [0.5, 0.6) is 0 Å². The zero-order valence-electron chi connectivity index (χ0n) is 5.60. The van der Waals surface area contributed by atoms with Gasteiger partial charge in [-0.05, 0) is 0 Å². The molecule has 0 aromatic rings. The molecule has 5 nitrogen and oxygen atoms in total. The van der Waals surface area contributed by atoms with E-state index in [2.05, 4.69) is 4.99 Å². The first-order chi connectivity index (χ1) is 5.13. The van der Waals surface area contributed by atoms with Gasteiger partial charge in [-0.1, -0.05) is 0 Å². The lowest BCUT2D eigenvalue weighted by Crippen LogP contribution is -2.28. The summed E-state index contributed by atoms with van der Waals surface area (Å²) in [5.74, 6) is -4.06. The summed E-state index contributed by atoms with van der Waals surface area (Å²) in [6.07, 6.45) is 1.18. The van der Waals surface area contributed by atoms with E-state index in [1.165, 1.54) is 6.21 Å². The predicted octanol–water partition coefficient (Wildman–Crippen LogP) is -0.528. The molecule has 1 aliphatic rings. The molecule has 11 heavy (non-hydrogen) atoms. The Hall–Kier alpha value is -1.39. The van der Waals surface area contributed by atoms with Gasteiger partial charge in [-0.25, -0.2) is 0 Å². The maximum Gasteiger partial charge on any atom is 0.312 e. The summed E-state index contributed by atoms with van der Waals surface area (Å²) in [5, 5.41) is 17.0. The molecule has 5 heteroatoms. The van der Waals surface area contributed by atoms with Gasteiger partial charge in [-0.15, -0.1) is 0 Å². The van der Waals surface area contributed by atoms with E-state index in [9.17, 15) is 9.59 Å². The van der Waals surface area contributed by atoms with Crippen molar-refractivity contribution in [3.63, 3.8) is 0 Å².